The molecule has 2 rings (SSSR count). The van der Waals surface area contributed by atoms with E-state index in [-0.39, 0.29) is 11.9 Å². The lowest BCUT2D eigenvalue weighted by molar-refractivity contribution is 0.0695. The maximum Gasteiger partial charge on any atom is 0.259 e. The first-order chi connectivity index (χ1) is 9.19. The Labute approximate surface area is 113 Å². The van der Waals surface area contributed by atoms with E-state index in [0.717, 1.165) is 19.3 Å². The van der Waals surface area contributed by atoms with Crippen LogP contribution in [0.5, 0.6) is 5.88 Å². The molecule has 1 saturated carbocycles. The minimum atomic E-state index is -0.0460. The van der Waals surface area contributed by atoms with Gasteiger partial charge in [-0.2, -0.15) is 0 Å². The molecule has 0 saturated heterocycles. The van der Waals surface area contributed by atoms with Crippen LogP contribution in [0.1, 0.15) is 29.6 Å². The van der Waals surface area contributed by atoms with Crippen molar-refractivity contribution in [2.75, 3.05) is 20.7 Å². The highest BCUT2D eigenvalue weighted by Crippen LogP contribution is 2.30. The van der Waals surface area contributed by atoms with Crippen LogP contribution in [-0.4, -0.2) is 42.5 Å². The summed E-state index contributed by atoms with van der Waals surface area (Å²) in [5.74, 6) is 0.730. The molecule has 2 unspecified atom stereocenters. The number of hydrogen-bond donors (Lipinski definition) is 1. The summed E-state index contributed by atoms with van der Waals surface area (Å²) < 4.78 is 5.15. The first-order valence-electron chi connectivity index (χ1n) is 6.65. The summed E-state index contributed by atoms with van der Waals surface area (Å²) in [5, 5.41) is 0. The Bertz CT molecular complexity index is 450. The lowest BCUT2D eigenvalue weighted by Crippen LogP contribution is -2.41. The molecule has 1 amide bonds. The van der Waals surface area contributed by atoms with Crippen LogP contribution in [-0.2, 0) is 0 Å². The summed E-state index contributed by atoms with van der Waals surface area (Å²) in [7, 11) is 3.37. The van der Waals surface area contributed by atoms with E-state index in [2.05, 4.69) is 4.98 Å². The van der Waals surface area contributed by atoms with Gasteiger partial charge in [0.05, 0.1) is 7.11 Å². The molecule has 1 heterocycles. The largest absolute Gasteiger partial charge is 0.480 e. The molecule has 0 bridgehead atoms. The number of pyridine rings is 1. The molecule has 1 fully saturated rings. The fraction of sp³-hybridized carbons (Fsp3) is 0.571. The van der Waals surface area contributed by atoms with E-state index in [4.69, 9.17) is 10.5 Å². The number of rotatable bonds is 4. The molecular weight excluding hydrogens is 242 g/mol. The average Bonchev–Trinajstić information content (AvgIpc) is 2.94. The molecule has 1 aliphatic rings. The van der Waals surface area contributed by atoms with Crippen molar-refractivity contribution >= 4 is 5.91 Å². The number of carbonyl (C=O) groups is 1. The van der Waals surface area contributed by atoms with Crippen LogP contribution in [0.4, 0.5) is 0 Å². The standard InChI is InChI=1S/C14H21N3O2/c1-17(12-7-3-5-10(12)9-15)14(18)11-6-4-8-16-13(11)19-2/h4,6,8,10,12H,3,5,7,9,15H2,1-2H3. The highest BCUT2D eigenvalue weighted by molar-refractivity contribution is 5.96. The topological polar surface area (TPSA) is 68.5 Å². The van der Waals surface area contributed by atoms with E-state index in [0.29, 0.717) is 23.9 Å². The number of methoxy groups -OCH3 is 1. The normalized spacial score (nSPS) is 22.3. The van der Waals surface area contributed by atoms with Crippen molar-refractivity contribution in [2.24, 2.45) is 11.7 Å². The average molecular weight is 263 g/mol. The number of hydrogen-bond acceptors (Lipinski definition) is 4. The number of amides is 1. The van der Waals surface area contributed by atoms with Gasteiger partial charge in [-0.15, -0.1) is 0 Å². The van der Waals surface area contributed by atoms with Crippen molar-refractivity contribution in [2.45, 2.75) is 25.3 Å². The third kappa shape index (κ3) is 2.71. The van der Waals surface area contributed by atoms with Crippen LogP contribution >= 0.6 is 0 Å². The zero-order valence-electron chi connectivity index (χ0n) is 11.5. The number of ether oxygens (including phenoxy) is 1. The van der Waals surface area contributed by atoms with Gasteiger partial charge in [0, 0.05) is 19.3 Å². The van der Waals surface area contributed by atoms with E-state index < -0.39 is 0 Å². The molecule has 1 aliphatic carbocycles. The van der Waals surface area contributed by atoms with E-state index in [9.17, 15) is 4.79 Å². The molecule has 1 aromatic heterocycles. The van der Waals surface area contributed by atoms with Gasteiger partial charge in [0.2, 0.25) is 5.88 Å². The van der Waals surface area contributed by atoms with Crippen molar-refractivity contribution in [3.8, 4) is 5.88 Å². The van der Waals surface area contributed by atoms with E-state index in [1.807, 2.05) is 7.05 Å². The Morgan fingerprint density at radius 3 is 3.05 bits per heavy atom. The molecule has 1 aromatic rings. The Morgan fingerprint density at radius 2 is 2.37 bits per heavy atom. The molecule has 104 valence electrons. The lowest BCUT2D eigenvalue weighted by Gasteiger charge is -2.29. The smallest absolute Gasteiger partial charge is 0.259 e. The Hall–Kier alpha value is -1.62. The Morgan fingerprint density at radius 1 is 1.58 bits per heavy atom. The third-order valence-electron chi connectivity index (χ3n) is 3.93. The monoisotopic (exact) mass is 263 g/mol. The van der Waals surface area contributed by atoms with Gasteiger partial charge in [0.1, 0.15) is 5.56 Å². The van der Waals surface area contributed by atoms with Crippen LogP contribution in [0, 0.1) is 5.92 Å². The SMILES string of the molecule is COc1ncccc1C(=O)N(C)C1CCCC1CN. The zero-order valence-corrected chi connectivity index (χ0v) is 11.5. The van der Waals surface area contributed by atoms with Crippen LogP contribution in [0.15, 0.2) is 18.3 Å². The minimum absolute atomic E-state index is 0.0460. The minimum Gasteiger partial charge on any atom is -0.480 e. The van der Waals surface area contributed by atoms with E-state index >= 15 is 0 Å². The second-order valence-electron chi connectivity index (χ2n) is 4.97. The van der Waals surface area contributed by atoms with Crippen LogP contribution < -0.4 is 10.5 Å². The van der Waals surface area contributed by atoms with Gasteiger partial charge in [0.15, 0.2) is 0 Å². The summed E-state index contributed by atoms with van der Waals surface area (Å²) in [6.45, 7) is 0.631. The second kappa shape index (κ2) is 6.02. The molecular formula is C14H21N3O2. The molecule has 0 radical (unpaired) electrons. The summed E-state index contributed by atoms with van der Waals surface area (Å²) in [4.78, 5) is 18.4. The maximum atomic E-state index is 12.5. The van der Waals surface area contributed by atoms with Gasteiger partial charge in [-0.05, 0) is 37.4 Å². The van der Waals surface area contributed by atoms with Crippen molar-refractivity contribution in [1.29, 1.82) is 0 Å². The van der Waals surface area contributed by atoms with Crippen LogP contribution in [0.25, 0.3) is 0 Å². The molecule has 0 spiro atoms. The molecule has 0 aliphatic heterocycles. The number of carbonyl (C=O) groups excluding carboxylic acids is 1. The molecule has 0 aromatic carbocycles. The first-order valence-corrected chi connectivity index (χ1v) is 6.65. The van der Waals surface area contributed by atoms with Gasteiger partial charge >= 0.3 is 0 Å². The van der Waals surface area contributed by atoms with Gasteiger partial charge in [-0.25, -0.2) is 4.98 Å². The van der Waals surface area contributed by atoms with Gasteiger partial charge in [-0.3, -0.25) is 4.79 Å². The molecule has 19 heavy (non-hydrogen) atoms. The number of nitrogens with two attached hydrogens (primary N) is 1. The van der Waals surface area contributed by atoms with Crippen LogP contribution in [0.2, 0.25) is 0 Å². The van der Waals surface area contributed by atoms with Gasteiger partial charge < -0.3 is 15.4 Å². The Balaban J connectivity index is 2.19. The third-order valence-corrected chi connectivity index (χ3v) is 3.93. The van der Waals surface area contributed by atoms with E-state index in [1.54, 1.807) is 23.2 Å². The lowest BCUT2D eigenvalue weighted by atomic mass is 10.0. The fourth-order valence-electron chi connectivity index (χ4n) is 2.86. The second-order valence-corrected chi connectivity index (χ2v) is 4.97. The quantitative estimate of drug-likeness (QED) is 0.888. The first kappa shape index (κ1) is 13.8. The molecule has 5 heteroatoms. The summed E-state index contributed by atoms with van der Waals surface area (Å²) in [6, 6.07) is 3.72. The fourth-order valence-corrected chi connectivity index (χ4v) is 2.86. The zero-order chi connectivity index (χ0) is 13.8. The Kier molecular flexibility index (Phi) is 4.37. The predicted octanol–water partition coefficient (Wildman–Crippen LogP) is 1.29. The molecule has 2 N–H and O–H groups in total. The summed E-state index contributed by atoms with van der Waals surface area (Å²) in [5.41, 5.74) is 6.29. The van der Waals surface area contributed by atoms with Crippen molar-refractivity contribution < 1.29 is 9.53 Å². The maximum absolute atomic E-state index is 12.5. The highest BCUT2D eigenvalue weighted by atomic mass is 16.5. The van der Waals surface area contributed by atoms with Gasteiger partial charge in [0.25, 0.3) is 5.91 Å². The van der Waals surface area contributed by atoms with Gasteiger partial charge in [-0.1, -0.05) is 6.42 Å². The number of nitrogens with zero attached hydrogens (tertiary/aromatic N) is 2. The van der Waals surface area contributed by atoms with E-state index in [1.165, 1.54) is 7.11 Å². The predicted molar refractivity (Wildman–Crippen MR) is 73.1 cm³/mol. The van der Waals surface area contributed by atoms with Crippen molar-refractivity contribution in [3.05, 3.63) is 23.9 Å². The molecule has 5 nitrogen and oxygen atoms in total. The molecule has 2 atom stereocenters. The van der Waals surface area contributed by atoms with Crippen molar-refractivity contribution in [1.82, 2.24) is 9.88 Å². The highest BCUT2D eigenvalue weighted by Gasteiger charge is 2.32. The summed E-state index contributed by atoms with van der Waals surface area (Å²) in [6.07, 6.45) is 4.87. The number of aromatic nitrogens is 1. The van der Waals surface area contributed by atoms with Crippen molar-refractivity contribution in [3.63, 3.8) is 0 Å². The van der Waals surface area contributed by atoms with Crippen LogP contribution in [0.3, 0.4) is 0 Å². The summed E-state index contributed by atoms with van der Waals surface area (Å²) >= 11 is 0.